The second kappa shape index (κ2) is 3.15. The number of carbonyl (C=O) groups is 1. The van der Waals surface area contributed by atoms with Gasteiger partial charge in [0.2, 0.25) is 0 Å². The van der Waals surface area contributed by atoms with E-state index in [-0.39, 0.29) is 0 Å². The molecule has 66 valence electrons. The molecule has 0 aromatic heterocycles. The van der Waals surface area contributed by atoms with Crippen molar-refractivity contribution in [2.75, 3.05) is 0 Å². The number of hydrogen-bond donors (Lipinski definition) is 1. The first-order valence-electron chi connectivity index (χ1n) is 4.25. The van der Waals surface area contributed by atoms with E-state index in [0.717, 1.165) is 17.4 Å². The van der Waals surface area contributed by atoms with Crippen LogP contribution in [0.3, 0.4) is 0 Å². The number of fused-ring (bicyclic) bond motifs is 1. The lowest BCUT2D eigenvalue weighted by Crippen LogP contribution is -2.04. The summed E-state index contributed by atoms with van der Waals surface area (Å²) in [5, 5.41) is 9.61. The minimum absolute atomic E-state index is 0.458. The van der Waals surface area contributed by atoms with Gasteiger partial charge < -0.3 is 5.11 Å². The van der Waals surface area contributed by atoms with Crippen molar-refractivity contribution < 1.29 is 9.90 Å². The molecule has 1 unspecified atom stereocenters. The molecule has 0 heterocycles. The van der Waals surface area contributed by atoms with Crippen LogP contribution in [0.15, 0.2) is 24.3 Å². The normalized spacial score (nSPS) is 19.6. The summed E-state index contributed by atoms with van der Waals surface area (Å²) in [6.45, 7) is 0. The largest absolute Gasteiger partial charge is 0.388 e. The molecule has 0 radical (unpaired) electrons. The first-order chi connectivity index (χ1) is 6.33. The molecular weight excluding hydrogens is 164 g/mol. The highest BCUT2D eigenvalue weighted by molar-refractivity contribution is 5.83. The molecule has 2 heteroatoms. The van der Waals surface area contributed by atoms with Crippen LogP contribution in [-0.2, 0) is 0 Å². The predicted octanol–water partition coefficient (Wildman–Crippen LogP) is 1.95. The maximum atomic E-state index is 10.7. The third-order valence-corrected chi connectivity index (χ3v) is 2.30. The van der Waals surface area contributed by atoms with Crippen LogP contribution >= 0.6 is 0 Å². The first kappa shape index (κ1) is 8.20. The number of hydrogen-bond acceptors (Lipinski definition) is 2. The maximum absolute atomic E-state index is 10.7. The molecule has 2 rings (SSSR count). The van der Waals surface area contributed by atoms with Crippen molar-refractivity contribution >= 4 is 12.4 Å². The van der Waals surface area contributed by atoms with Crippen LogP contribution in [0.25, 0.3) is 6.08 Å². The lowest BCUT2D eigenvalue weighted by molar-refractivity contribution is 0.112. The third kappa shape index (κ3) is 1.29. The van der Waals surface area contributed by atoms with E-state index in [9.17, 15) is 9.90 Å². The Hall–Kier alpha value is -1.41. The predicted molar refractivity (Wildman–Crippen MR) is 50.4 cm³/mol. The Morgan fingerprint density at radius 3 is 3.08 bits per heavy atom. The molecule has 13 heavy (non-hydrogen) atoms. The molecule has 0 aliphatic heterocycles. The molecule has 1 aromatic carbocycles. The van der Waals surface area contributed by atoms with E-state index in [2.05, 4.69) is 0 Å². The topological polar surface area (TPSA) is 37.3 Å². The number of aliphatic hydroxyl groups excluding tert-OH is 1. The molecule has 0 amide bonds. The standard InChI is InChI=1S/C11H10O2/c12-7-8-3-1-5-10-9(8)4-2-6-11(10)13/h1-5,7,11,13H,6H2. The fraction of sp³-hybridized carbons (Fsp3) is 0.182. The van der Waals surface area contributed by atoms with Gasteiger partial charge in [-0.25, -0.2) is 0 Å². The molecule has 0 spiro atoms. The molecular formula is C11H10O2. The number of aldehydes is 1. The van der Waals surface area contributed by atoms with E-state index < -0.39 is 6.10 Å². The van der Waals surface area contributed by atoms with Gasteiger partial charge in [-0.2, -0.15) is 0 Å². The molecule has 0 saturated carbocycles. The highest BCUT2D eigenvalue weighted by Gasteiger charge is 2.15. The molecule has 1 aliphatic rings. The van der Waals surface area contributed by atoms with Crippen LogP contribution in [0, 0.1) is 0 Å². The minimum Gasteiger partial charge on any atom is -0.388 e. The zero-order chi connectivity index (χ0) is 9.26. The molecule has 1 aromatic rings. The van der Waals surface area contributed by atoms with E-state index in [1.807, 2.05) is 18.2 Å². The summed E-state index contributed by atoms with van der Waals surface area (Å²) in [4.78, 5) is 10.7. The summed E-state index contributed by atoms with van der Waals surface area (Å²) in [5.74, 6) is 0. The lowest BCUT2D eigenvalue weighted by Gasteiger charge is -2.17. The van der Waals surface area contributed by atoms with E-state index in [1.54, 1.807) is 12.1 Å². The van der Waals surface area contributed by atoms with E-state index in [1.165, 1.54) is 0 Å². The molecule has 0 saturated heterocycles. The van der Waals surface area contributed by atoms with Crippen molar-refractivity contribution in [3.05, 3.63) is 41.0 Å². The third-order valence-electron chi connectivity index (χ3n) is 2.30. The molecule has 1 aliphatic carbocycles. The van der Waals surface area contributed by atoms with Gasteiger partial charge in [-0.1, -0.05) is 30.4 Å². The van der Waals surface area contributed by atoms with E-state index in [4.69, 9.17) is 0 Å². The molecule has 2 nitrogen and oxygen atoms in total. The molecule has 0 bridgehead atoms. The van der Waals surface area contributed by atoms with Crippen molar-refractivity contribution in [3.63, 3.8) is 0 Å². The maximum Gasteiger partial charge on any atom is 0.150 e. The number of aliphatic hydroxyl groups is 1. The average molecular weight is 174 g/mol. The Kier molecular flexibility index (Phi) is 1.99. The van der Waals surface area contributed by atoms with Crippen LogP contribution in [-0.4, -0.2) is 11.4 Å². The van der Waals surface area contributed by atoms with Gasteiger partial charge in [0.25, 0.3) is 0 Å². The van der Waals surface area contributed by atoms with Crippen LogP contribution in [0.4, 0.5) is 0 Å². The van der Waals surface area contributed by atoms with Crippen LogP contribution in [0.1, 0.15) is 34.0 Å². The molecule has 1 atom stereocenters. The quantitative estimate of drug-likeness (QED) is 0.661. The van der Waals surface area contributed by atoms with Crippen molar-refractivity contribution in [1.29, 1.82) is 0 Å². The van der Waals surface area contributed by atoms with Crippen molar-refractivity contribution in [2.24, 2.45) is 0 Å². The summed E-state index contributed by atoms with van der Waals surface area (Å²) in [6.07, 6.45) is 4.78. The first-order valence-corrected chi connectivity index (χ1v) is 4.25. The summed E-state index contributed by atoms with van der Waals surface area (Å²) in [6, 6.07) is 5.41. The average Bonchev–Trinajstić information content (AvgIpc) is 2.18. The summed E-state index contributed by atoms with van der Waals surface area (Å²) in [7, 11) is 0. The highest BCUT2D eigenvalue weighted by atomic mass is 16.3. The van der Waals surface area contributed by atoms with Crippen LogP contribution in [0.2, 0.25) is 0 Å². The monoisotopic (exact) mass is 174 g/mol. The Morgan fingerprint density at radius 1 is 1.46 bits per heavy atom. The fourth-order valence-electron chi connectivity index (χ4n) is 1.63. The number of benzene rings is 1. The van der Waals surface area contributed by atoms with E-state index in [0.29, 0.717) is 12.0 Å². The summed E-state index contributed by atoms with van der Waals surface area (Å²) >= 11 is 0. The SMILES string of the molecule is O=Cc1cccc2c1C=CCC2O. The molecule has 1 N–H and O–H groups in total. The van der Waals surface area contributed by atoms with Gasteiger partial charge in [-0.3, -0.25) is 4.79 Å². The van der Waals surface area contributed by atoms with Crippen LogP contribution in [0.5, 0.6) is 0 Å². The molecule has 0 fully saturated rings. The van der Waals surface area contributed by atoms with E-state index >= 15 is 0 Å². The highest BCUT2D eigenvalue weighted by Crippen LogP contribution is 2.28. The van der Waals surface area contributed by atoms with Gasteiger partial charge in [-0.05, 0) is 17.5 Å². The fourth-order valence-corrected chi connectivity index (χ4v) is 1.63. The second-order valence-electron chi connectivity index (χ2n) is 3.12. The van der Waals surface area contributed by atoms with Gasteiger partial charge >= 0.3 is 0 Å². The Balaban J connectivity index is 2.63. The van der Waals surface area contributed by atoms with Crippen molar-refractivity contribution in [3.8, 4) is 0 Å². The summed E-state index contributed by atoms with van der Waals surface area (Å²) in [5.41, 5.74) is 2.36. The minimum atomic E-state index is -0.458. The Bertz CT molecular complexity index is 366. The zero-order valence-electron chi connectivity index (χ0n) is 7.10. The summed E-state index contributed by atoms with van der Waals surface area (Å²) < 4.78 is 0. The second-order valence-corrected chi connectivity index (χ2v) is 3.12. The zero-order valence-corrected chi connectivity index (χ0v) is 7.10. The van der Waals surface area contributed by atoms with Crippen LogP contribution < -0.4 is 0 Å². The number of rotatable bonds is 1. The Morgan fingerprint density at radius 2 is 2.31 bits per heavy atom. The Labute approximate surface area is 76.5 Å². The lowest BCUT2D eigenvalue weighted by atomic mass is 9.92. The van der Waals surface area contributed by atoms with Gasteiger partial charge in [0.1, 0.15) is 0 Å². The van der Waals surface area contributed by atoms with Gasteiger partial charge in [0, 0.05) is 5.56 Å². The number of carbonyl (C=O) groups excluding carboxylic acids is 1. The van der Waals surface area contributed by atoms with Crippen molar-refractivity contribution in [2.45, 2.75) is 12.5 Å². The van der Waals surface area contributed by atoms with Crippen molar-refractivity contribution in [1.82, 2.24) is 0 Å². The van der Waals surface area contributed by atoms with Gasteiger partial charge in [-0.15, -0.1) is 0 Å². The van der Waals surface area contributed by atoms with Gasteiger partial charge in [0.05, 0.1) is 6.10 Å². The van der Waals surface area contributed by atoms with Gasteiger partial charge in [0.15, 0.2) is 6.29 Å². The smallest absolute Gasteiger partial charge is 0.150 e.